The maximum absolute atomic E-state index is 5.53. The van der Waals surface area contributed by atoms with Crippen molar-refractivity contribution in [1.82, 2.24) is 20.2 Å². The molecule has 12 heavy (non-hydrogen) atoms. The highest BCUT2D eigenvalue weighted by Crippen LogP contribution is 2.15. The zero-order chi connectivity index (χ0) is 9.19. The Kier molecular flexibility index (Phi) is 2.27. The molecule has 0 spiro atoms. The first kappa shape index (κ1) is 8.92. The number of nitrogens with two attached hydrogens (primary N) is 1. The van der Waals surface area contributed by atoms with Gasteiger partial charge in [-0.2, -0.15) is 0 Å². The van der Waals surface area contributed by atoms with Gasteiger partial charge in [0.25, 0.3) is 0 Å². The van der Waals surface area contributed by atoms with Crippen molar-refractivity contribution in [3.8, 4) is 0 Å². The second kappa shape index (κ2) is 3.06. The Morgan fingerprint density at radius 3 is 2.67 bits per heavy atom. The lowest BCUT2D eigenvalue weighted by atomic mass is 10.1. The van der Waals surface area contributed by atoms with Crippen LogP contribution in [0.15, 0.2) is 0 Å². The molecular formula is C6H13N5O. The van der Waals surface area contributed by atoms with E-state index in [1.165, 1.54) is 4.68 Å². The van der Waals surface area contributed by atoms with E-state index in [9.17, 15) is 0 Å². The topological polar surface area (TPSA) is 78.8 Å². The van der Waals surface area contributed by atoms with E-state index in [1.54, 1.807) is 7.11 Å². The van der Waals surface area contributed by atoms with Crippen LogP contribution in [0.1, 0.15) is 13.8 Å². The van der Waals surface area contributed by atoms with Crippen LogP contribution in [0.4, 0.5) is 5.95 Å². The highest BCUT2D eigenvalue weighted by atomic mass is 16.5. The average Bonchev–Trinajstić information content (AvgIpc) is 2.35. The van der Waals surface area contributed by atoms with Crippen LogP contribution in [0.5, 0.6) is 0 Å². The zero-order valence-corrected chi connectivity index (χ0v) is 7.48. The van der Waals surface area contributed by atoms with E-state index in [2.05, 4.69) is 15.5 Å². The monoisotopic (exact) mass is 171 g/mol. The lowest BCUT2D eigenvalue weighted by molar-refractivity contribution is 0.101. The van der Waals surface area contributed by atoms with Crippen molar-refractivity contribution in [1.29, 1.82) is 0 Å². The number of anilines is 1. The minimum absolute atomic E-state index is 0.303. The summed E-state index contributed by atoms with van der Waals surface area (Å²) in [4.78, 5) is 0. The molecule has 1 rings (SSSR count). The van der Waals surface area contributed by atoms with Crippen molar-refractivity contribution in [2.24, 2.45) is 0 Å². The third-order valence-corrected chi connectivity index (χ3v) is 1.56. The zero-order valence-electron chi connectivity index (χ0n) is 7.48. The van der Waals surface area contributed by atoms with Gasteiger partial charge >= 0.3 is 0 Å². The Hall–Kier alpha value is -1.17. The normalized spacial score (nSPS) is 11.9. The largest absolute Gasteiger partial charge is 0.382 e. The lowest BCUT2D eigenvalue weighted by Gasteiger charge is -2.23. The molecule has 0 saturated heterocycles. The van der Waals surface area contributed by atoms with Crippen LogP contribution in [-0.2, 0) is 10.3 Å². The van der Waals surface area contributed by atoms with Crippen LogP contribution in [0.2, 0.25) is 0 Å². The number of nitrogens with zero attached hydrogens (tertiary/aromatic N) is 4. The molecule has 0 amide bonds. The Morgan fingerprint density at radius 2 is 2.25 bits per heavy atom. The molecule has 0 saturated carbocycles. The van der Waals surface area contributed by atoms with E-state index in [1.807, 2.05) is 13.8 Å². The fourth-order valence-electron chi connectivity index (χ4n) is 1.04. The van der Waals surface area contributed by atoms with Gasteiger partial charge in [-0.3, -0.25) is 0 Å². The number of hydrogen-bond acceptors (Lipinski definition) is 5. The van der Waals surface area contributed by atoms with Gasteiger partial charge in [-0.15, -0.1) is 0 Å². The Labute approximate surface area is 70.7 Å². The summed E-state index contributed by atoms with van der Waals surface area (Å²) in [5.74, 6) is 0.303. The minimum Gasteiger partial charge on any atom is -0.382 e. The maximum atomic E-state index is 5.53. The van der Waals surface area contributed by atoms with Crippen molar-refractivity contribution >= 4 is 5.95 Å². The molecule has 0 aromatic carbocycles. The van der Waals surface area contributed by atoms with Gasteiger partial charge in [0.2, 0.25) is 5.95 Å². The van der Waals surface area contributed by atoms with Gasteiger partial charge in [-0.05, 0) is 24.3 Å². The number of nitrogen functional groups attached to an aromatic ring is 1. The third-order valence-electron chi connectivity index (χ3n) is 1.56. The van der Waals surface area contributed by atoms with Gasteiger partial charge in [-0.1, -0.05) is 5.10 Å². The molecule has 0 unspecified atom stereocenters. The van der Waals surface area contributed by atoms with Crippen molar-refractivity contribution in [2.75, 3.05) is 19.5 Å². The van der Waals surface area contributed by atoms with Crippen LogP contribution in [0.25, 0.3) is 0 Å². The molecule has 0 aliphatic rings. The second-order valence-corrected chi connectivity index (χ2v) is 3.19. The van der Waals surface area contributed by atoms with Gasteiger partial charge < -0.3 is 10.5 Å². The summed E-state index contributed by atoms with van der Waals surface area (Å²) in [5.41, 5.74) is 5.23. The number of aromatic nitrogens is 4. The minimum atomic E-state index is -0.303. The molecule has 0 atom stereocenters. The molecule has 2 N–H and O–H groups in total. The molecule has 6 nitrogen and oxygen atoms in total. The number of hydrogen-bond donors (Lipinski definition) is 1. The van der Waals surface area contributed by atoms with E-state index < -0.39 is 0 Å². The van der Waals surface area contributed by atoms with Crippen molar-refractivity contribution < 1.29 is 4.74 Å². The molecule has 1 aromatic rings. The molecule has 0 aliphatic carbocycles. The number of rotatable bonds is 3. The van der Waals surface area contributed by atoms with E-state index in [0.29, 0.717) is 12.6 Å². The predicted molar refractivity (Wildman–Crippen MR) is 43.4 cm³/mol. The fraction of sp³-hybridized carbons (Fsp3) is 0.833. The summed E-state index contributed by atoms with van der Waals surface area (Å²) in [6.07, 6.45) is 0. The van der Waals surface area contributed by atoms with Crippen molar-refractivity contribution in [3.63, 3.8) is 0 Å². The standard InChI is InChI=1S/C6H13N5O/c1-6(2,4-12-3)11-5(7)8-9-10-11/h4H2,1-3H3,(H2,7,8,10). The smallest absolute Gasteiger partial charge is 0.240 e. The summed E-state index contributed by atoms with van der Waals surface area (Å²) in [6, 6.07) is 0. The van der Waals surface area contributed by atoms with Gasteiger partial charge in [0.05, 0.1) is 12.1 Å². The summed E-state index contributed by atoms with van der Waals surface area (Å²) >= 11 is 0. The molecule has 0 fully saturated rings. The van der Waals surface area contributed by atoms with Crippen LogP contribution in [-0.4, -0.2) is 33.9 Å². The Balaban J connectivity index is 2.88. The lowest BCUT2D eigenvalue weighted by Crippen LogP contribution is -2.33. The maximum Gasteiger partial charge on any atom is 0.240 e. The molecule has 1 heterocycles. The van der Waals surface area contributed by atoms with Crippen LogP contribution in [0, 0.1) is 0 Å². The van der Waals surface area contributed by atoms with Crippen molar-refractivity contribution in [3.05, 3.63) is 0 Å². The summed E-state index contributed by atoms with van der Waals surface area (Å²) in [6.45, 7) is 4.41. The molecule has 0 aliphatic heterocycles. The third kappa shape index (κ3) is 1.53. The molecule has 68 valence electrons. The highest BCUT2D eigenvalue weighted by Gasteiger charge is 2.23. The summed E-state index contributed by atoms with van der Waals surface area (Å²) in [5, 5.41) is 10.8. The molecule has 6 heteroatoms. The van der Waals surface area contributed by atoms with E-state index in [4.69, 9.17) is 10.5 Å². The second-order valence-electron chi connectivity index (χ2n) is 3.19. The van der Waals surface area contributed by atoms with E-state index >= 15 is 0 Å². The first-order valence-electron chi connectivity index (χ1n) is 3.61. The van der Waals surface area contributed by atoms with Crippen LogP contribution < -0.4 is 5.73 Å². The van der Waals surface area contributed by atoms with Gasteiger partial charge in [-0.25, -0.2) is 4.68 Å². The van der Waals surface area contributed by atoms with Gasteiger partial charge in [0.1, 0.15) is 0 Å². The SMILES string of the molecule is COCC(C)(C)n1nnnc1N. The number of methoxy groups -OCH3 is 1. The molecule has 0 radical (unpaired) electrons. The highest BCUT2D eigenvalue weighted by molar-refractivity contribution is 5.12. The average molecular weight is 171 g/mol. The Morgan fingerprint density at radius 1 is 1.58 bits per heavy atom. The fourth-order valence-corrected chi connectivity index (χ4v) is 1.04. The molecular weight excluding hydrogens is 158 g/mol. The number of ether oxygens (including phenoxy) is 1. The van der Waals surface area contributed by atoms with Crippen LogP contribution >= 0.6 is 0 Å². The predicted octanol–water partition coefficient (Wildman–Crippen LogP) is -0.363. The molecule has 0 bridgehead atoms. The summed E-state index contributed by atoms with van der Waals surface area (Å²) in [7, 11) is 1.63. The van der Waals surface area contributed by atoms with E-state index in [-0.39, 0.29) is 5.54 Å². The van der Waals surface area contributed by atoms with Gasteiger partial charge in [0.15, 0.2) is 0 Å². The van der Waals surface area contributed by atoms with Gasteiger partial charge in [0, 0.05) is 7.11 Å². The first-order chi connectivity index (χ1) is 5.58. The Bertz CT molecular complexity index is 256. The quantitative estimate of drug-likeness (QED) is 0.671. The van der Waals surface area contributed by atoms with E-state index in [0.717, 1.165) is 0 Å². The summed E-state index contributed by atoms with van der Waals surface area (Å²) < 4.78 is 6.55. The molecule has 1 aromatic heterocycles. The van der Waals surface area contributed by atoms with Crippen LogP contribution in [0.3, 0.4) is 0 Å². The van der Waals surface area contributed by atoms with Crippen molar-refractivity contribution in [2.45, 2.75) is 19.4 Å². The number of tetrazole rings is 1. The first-order valence-corrected chi connectivity index (χ1v) is 3.61.